The summed E-state index contributed by atoms with van der Waals surface area (Å²) >= 11 is 2.26. The lowest BCUT2D eigenvalue weighted by Crippen LogP contribution is -2.02. The predicted octanol–water partition coefficient (Wildman–Crippen LogP) is 2.84. The van der Waals surface area contributed by atoms with Crippen LogP contribution in [0.1, 0.15) is 13.8 Å². The fourth-order valence-corrected chi connectivity index (χ4v) is 1.84. The van der Waals surface area contributed by atoms with E-state index in [0.717, 1.165) is 6.54 Å². The van der Waals surface area contributed by atoms with Gasteiger partial charge >= 0.3 is 0 Å². The summed E-state index contributed by atoms with van der Waals surface area (Å²) in [4.78, 5) is 0. The van der Waals surface area contributed by atoms with E-state index >= 15 is 0 Å². The van der Waals surface area contributed by atoms with Crippen LogP contribution in [0.4, 0.5) is 0 Å². The molecular formula is C5H10INS. The third-order valence-electron chi connectivity index (χ3n) is 0.716. The topological polar surface area (TPSA) is 3.24 Å². The van der Waals surface area contributed by atoms with Crippen molar-refractivity contribution >= 4 is 30.3 Å². The molecule has 0 unspecified atom stereocenters. The van der Waals surface area contributed by atoms with Gasteiger partial charge in [0.05, 0.1) is 0 Å². The highest BCUT2D eigenvalue weighted by atomic mass is 127. The molecule has 0 aliphatic rings. The predicted molar refractivity (Wildman–Crippen MR) is 48.8 cm³/mol. The Balaban J connectivity index is 3.36. The van der Waals surface area contributed by atoms with Crippen molar-refractivity contribution in [2.75, 3.05) is 6.54 Å². The molecule has 1 nitrogen and oxygen atoms in total. The van der Waals surface area contributed by atoms with E-state index in [0.29, 0.717) is 0 Å². The number of hydrogen-bond donors (Lipinski definition) is 0. The number of halogens is 1. The lowest BCUT2D eigenvalue weighted by atomic mass is 10.6. The van der Waals surface area contributed by atoms with Crippen LogP contribution in [0, 0.1) is 0 Å². The van der Waals surface area contributed by atoms with E-state index in [9.17, 15) is 0 Å². The van der Waals surface area contributed by atoms with E-state index in [1.54, 1.807) is 9.12 Å². The van der Waals surface area contributed by atoms with Crippen LogP contribution in [-0.4, -0.2) is 10.8 Å². The summed E-state index contributed by atoms with van der Waals surface area (Å²) in [6, 6.07) is 0. The third kappa shape index (κ3) is 3.60. The fourth-order valence-electron chi connectivity index (χ4n) is 0.343. The van der Waals surface area contributed by atoms with Gasteiger partial charge in [-0.2, -0.15) is 0 Å². The molecule has 0 amide bonds. The lowest BCUT2D eigenvalue weighted by molar-refractivity contribution is 0.666. The molecule has 0 radical (unpaired) electrons. The Labute approximate surface area is 67.2 Å². The van der Waals surface area contributed by atoms with Crippen LogP contribution < -0.4 is 0 Å². The quantitative estimate of drug-likeness (QED) is 0.554. The van der Waals surface area contributed by atoms with Gasteiger partial charge in [-0.3, -0.25) is 0 Å². The van der Waals surface area contributed by atoms with Crippen LogP contribution >= 0.6 is 30.3 Å². The lowest BCUT2D eigenvalue weighted by Gasteiger charge is -2.10. The summed E-state index contributed by atoms with van der Waals surface area (Å²) in [7, 11) is 1.71. The molecule has 0 aliphatic carbocycles. The summed E-state index contributed by atoms with van der Waals surface area (Å²) < 4.78 is 2.15. The minimum absolute atomic E-state index is 1.07. The van der Waals surface area contributed by atoms with Crippen molar-refractivity contribution in [3.05, 3.63) is 12.3 Å². The molecule has 0 fully saturated rings. The fraction of sp³-hybridized carbons (Fsp3) is 0.600. The summed E-state index contributed by atoms with van der Waals surface area (Å²) in [5, 5.41) is 0. The molecule has 0 aromatic heterocycles. The Hall–Kier alpha value is 0.620. The average Bonchev–Trinajstić information content (AvgIpc) is 1.83. The number of allylic oxidation sites excluding steroid dienone is 1. The van der Waals surface area contributed by atoms with Crippen LogP contribution in [0.15, 0.2) is 12.3 Å². The number of hydrogen-bond acceptors (Lipinski definition) is 2. The first-order valence-corrected chi connectivity index (χ1v) is 5.85. The molecule has 0 aliphatic heterocycles. The van der Waals surface area contributed by atoms with Gasteiger partial charge in [0.15, 0.2) is 0 Å². The van der Waals surface area contributed by atoms with Gasteiger partial charge in [0.25, 0.3) is 0 Å². The van der Waals surface area contributed by atoms with Crippen LogP contribution in [0.3, 0.4) is 0 Å². The highest BCUT2D eigenvalue weighted by Crippen LogP contribution is 2.17. The highest BCUT2D eigenvalue weighted by Gasteiger charge is 1.87. The van der Waals surface area contributed by atoms with Crippen molar-refractivity contribution in [1.29, 1.82) is 0 Å². The first-order chi connectivity index (χ1) is 3.85. The second kappa shape index (κ2) is 5.75. The second-order valence-electron chi connectivity index (χ2n) is 1.28. The van der Waals surface area contributed by atoms with Crippen LogP contribution in [-0.2, 0) is 0 Å². The maximum atomic E-state index is 2.26. The van der Waals surface area contributed by atoms with Gasteiger partial charge < -0.3 is 4.31 Å². The van der Waals surface area contributed by atoms with Gasteiger partial charge in [-0.05, 0) is 13.8 Å². The summed E-state index contributed by atoms with van der Waals surface area (Å²) in [5.74, 6) is 0. The third-order valence-corrected chi connectivity index (χ3v) is 2.79. The zero-order chi connectivity index (χ0) is 6.41. The molecule has 3 heteroatoms. The molecule has 0 heterocycles. The summed E-state index contributed by atoms with van der Waals surface area (Å²) in [6.07, 6.45) is 4.10. The largest absolute Gasteiger partial charge is 0.315 e. The van der Waals surface area contributed by atoms with Crippen molar-refractivity contribution < 1.29 is 0 Å². The molecule has 0 N–H and O–H groups in total. The van der Waals surface area contributed by atoms with Crippen LogP contribution in [0.25, 0.3) is 0 Å². The van der Waals surface area contributed by atoms with Gasteiger partial charge in [-0.1, -0.05) is 6.08 Å². The van der Waals surface area contributed by atoms with Crippen molar-refractivity contribution in [3.63, 3.8) is 0 Å². The van der Waals surface area contributed by atoms with Crippen molar-refractivity contribution in [2.45, 2.75) is 13.8 Å². The smallest absolute Gasteiger partial charge is 0.0267 e. The van der Waals surface area contributed by atoms with Crippen LogP contribution in [0.5, 0.6) is 0 Å². The highest BCUT2D eigenvalue weighted by molar-refractivity contribution is 14.2. The van der Waals surface area contributed by atoms with Gasteiger partial charge in [-0.25, -0.2) is 0 Å². The van der Waals surface area contributed by atoms with E-state index in [4.69, 9.17) is 0 Å². The van der Waals surface area contributed by atoms with Crippen molar-refractivity contribution in [1.82, 2.24) is 4.31 Å². The Bertz CT molecular complexity index is 70.8. The molecule has 0 aromatic carbocycles. The maximum absolute atomic E-state index is 2.26. The SMILES string of the molecule is C/C=C\N(CC)SI. The molecule has 48 valence electrons. The minimum atomic E-state index is 1.07. The molecule has 0 bridgehead atoms. The first-order valence-electron chi connectivity index (χ1n) is 2.53. The Morgan fingerprint density at radius 3 is 2.50 bits per heavy atom. The zero-order valence-electron chi connectivity index (χ0n) is 5.10. The number of nitrogens with zero attached hydrogens (tertiary/aromatic N) is 1. The summed E-state index contributed by atoms with van der Waals surface area (Å²) in [5.41, 5.74) is 0. The molecule has 0 saturated carbocycles. The van der Waals surface area contributed by atoms with E-state index < -0.39 is 0 Å². The molecule has 0 atom stereocenters. The average molecular weight is 243 g/mol. The van der Waals surface area contributed by atoms with E-state index in [2.05, 4.69) is 38.6 Å². The minimum Gasteiger partial charge on any atom is -0.315 e. The van der Waals surface area contributed by atoms with Gasteiger partial charge in [0, 0.05) is 43.1 Å². The molecular weight excluding hydrogens is 233 g/mol. The second-order valence-corrected chi connectivity index (χ2v) is 3.07. The van der Waals surface area contributed by atoms with Crippen molar-refractivity contribution in [2.24, 2.45) is 0 Å². The summed E-state index contributed by atoms with van der Waals surface area (Å²) in [6.45, 7) is 5.22. The van der Waals surface area contributed by atoms with Gasteiger partial charge in [0.2, 0.25) is 0 Å². The zero-order valence-corrected chi connectivity index (χ0v) is 8.07. The standard InChI is InChI=1S/C5H10INS/c1-3-5-7(4-2)8-6/h3,5H,4H2,1-2H3/b5-3-. The monoisotopic (exact) mass is 243 g/mol. The Morgan fingerprint density at radius 2 is 2.38 bits per heavy atom. The van der Waals surface area contributed by atoms with Gasteiger partial charge in [0.1, 0.15) is 0 Å². The number of rotatable bonds is 3. The maximum Gasteiger partial charge on any atom is 0.0267 e. The van der Waals surface area contributed by atoms with E-state index in [-0.39, 0.29) is 0 Å². The molecule has 8 heavy (non-hydrogen) atoms. The van der Waals surface area contributed by atoms with Crippen molar-refractivity contribution in [3.8, 4) is 0 Å². The first kappa shape index (κ1) is 8.62. The molecule has 0 spiro atoms. The normalized spacial score (nSPS) is 10.4. The molecule has 0 aromatic rings. The van der Waals surface area contributed by atoms with Crippen LogP contribution in [0.2, 0.25) is 0 Å². The Morgan fingerprint density at radius 1 is 1.75 bits per heavy atom. The van der Waals surface area contributed by atoms with E-state index in [1.807, 2.05) is 13.0 Å². The van der Waals surface area contributed by atoms with Gasteiger partial charge in [-0.15, -0.1) is 0 Å². The molecule has 0 saturated heterocycles. The van der Waals surface area contributed by atoms with E-state index in [1.165, 1.54) is 0 Å². The molecule has 0 rings (SSSR count). The Kier molecular flexibility index (Phi) is 6.20.